The van der Waals surface area contributed by atoms with Gasteiger partial charge in [-0.2, -0.15) is 0 Å². The van der Waals surface area contributed by atoms with Gasteiger partial charge in [0.25, 0.3) is 0 Å². The number of hydrogen-bond acceptors (Lipinski definition) is 3. The largest absolute Gasteiger partial charge is 0.506 e. The van der Waals surface area contributed by atoms with Crippen LogP contribution >= 0.6 is 24.8 Å². The van der Waals surface area contributed by atoms with E-state index in [9.17, 15) is 5.11 Å². The Hall–Kier alpha value is -0.800. The number of piperidine rings is 2. The maximum atomic E-state index is 10.3. The highest BCUT2D eigenvalue weighted by molar-refractivity contribution is 5.85. The molecule has 0 bridgehead atoms. The van der Waals surface area contributed by atoms with E-state index in [2.05, 4.69) is 35.8 Å². The molecule has 1 aromatic carbocycles. The molecule has 1 N–H and O–H groups in total. The number of phenolic OH excluding ortho intramolecular Hbond substituents is 1. The highest BCUT2D eigenvalue weighted by atomic mass is 35.5. The lowest BCUT2D eigenvalue weighted by Gasteiger charge is -2.31. The van der Waals surface area contributed by atoms with Crippen LogP contribution in [0.15, 0.2) is 18.2 Å². The summed E-state index contributed by atoms with van der Waals surface area (Å²) in [5, 5.41) is 10.3. The van der Waals surface area contributed by atoms with Crippen LogP contribution in [-0.4, -0.2) is 31.3 Å². The minimum absolute atomic E-state index is 0. The molecule has 2 heterocycles. The lowest BCUT2D eigenvalue weighted by atomic mass is 10.1. The van der Waals surface area contributed by atoms with Crippen molar-refractivity contribution in [3.63, 3.8) is 0 Å². The predicted molar refractivity (Wildman–Crippen MR) is 102 cm³/mol. The SMILES string of the molecule is CC1(C)C2CN(c3cc(N4CCCCC4)ccc3O)CC21.Cl.Cl. The average Bonchev–Trinajstić information content (AvgIpc) is 2.87. The Labute approximate surface area is 151 Å². The van der Waals surface area contributed by atoms with Gasteiger partial charge in [0.15, 0.2) is 0 Å². The van der Waals surface area contributed by atoms with Crippen LogP contribution in [0.2, 0.25) is 0 Å². The molecule has 3 fully saturated rings. The number of benzene rings is 1. The lowest BCUT2D eigenvalue weighted by Crippen LogP contribution is -2.30. The third kappa shape index (κ3) is 3.10. The molecule has 1 aliphatic carbocycles. The standard InChI is InChI=1S/C18H26N2O.2ClH/c1-18(2)14-11-20(12-15(14)18)16-10-13(6-7-17(16)21)19-8-4-3-5-9-19;;/h6-7,10,14-15,21H,3-5,8-9,11-12H2,1-2H3;2*1H. The fraction of sp³-hybridized carbons (Fsp3) is 0.667. The highest BCUT2D eigenvalue weighted by Gasteiger charge is 2.62. The zero-order chi connectivity index (χ0) is 14.6. The third-order valence-corrected chi connectivity index (χ3v) is 6.14. The summed E-state index contributed by atoms with van der Waals surface area (Å²) >= 11 is 0. The van der Waals surface area contributed by atoms with Crippen molar-refractivity contribution in [3.05, 3.63) is 18.2 Å². The van der Waals surface area contributed by atoms with Crippen LogP contribution in [0.5, 0.6) is 5.75 Å². The first-order valence-electron chi connectivity index (χ1n) is 8.40. The molecule has 3 nitrogen and oxygen atoms in total. The second-order valence-electron chi connectivity index (χ2n) is 7.66. The van der Waals surface area contributed by atoms with Gasteiger partial charge in [-0.25, -0.2) is 0 Å². The van der Waals surface area contributed by atoms with Crippen molar-refractivity contribution in [3.8, 4) is 5.75 Å². The summed E-state index contributed by atoms with van der Waals surface area (Å²) in [5.74, 6) is 2.07. The maximum absolute atomic E-state index is 10.3. The number of hydrogen-bond donors (Lipinski definition) is 1. The smallest absolute Gasteiger partial charge is 0.139 e. The number of halogens is 2. The van der Waals surface area contributed by atoms with Gasteiger partial charge < -0.3 is 14.9 Å². The van der Waals surface area contributed by atoms with E-state index in [0.717, 1.165) is 43.7 Å². The van der Waals surface area contributed by atoms with E-state index < -0.39 is 0 Å². The molecule has 4 rings (SSSR count). The summed E-state index contributed by atoms with van der Waals surface area (Å²) in [6, 6.07) is 6.16. The molecule has 3 aliphatic rings. The predicted octanol–water partition coefficient (Wildman–Crippen LogP) is 4.32. The maximum Gasteiger partial charge on any atom is 0.139 e. The zero-order valence-electron chi connectivity index (χ0n) is 14.0. The van der Waals surface area contributed by atoms with Crippen molar-refractivity contribution >= 4 is 36.2 Å². The van der Waals surface area contributed by atoms with E-state index in [1.165, 1.54) is 24.9 Å². The van der Waals surface area contributed by atoms with Crippen molar-refractivity contribution in [2.45, 2.75) is 33.1 Å². The third-order valence-electron chi connectivity index (χ3n) is 6.14. The molecule has 0 aromatic heterocycles. The first-order valence-corrected chi connectivity index (χ1v) is 8.40. The summed E-state index contributed by atoms with van der Waals surface area (Å²) < 4.78 is 0. The number of nitrogens with zero attached hydrogens (tertiary/aromatic N) is 2. The van der Waals surface area contributed by atoms with Gasteiger partial charge in [-0.1, -0.05) is 13.8 Å². The summed E-state index contributed by atoms with van der Waals surface area (Å²) in [4.78, 5) is 4.86. The van der Waals surface area contributed by atoms with E-state index in [0.29, 0.717) is 11.2 Å². The quantitative estimate of drug-likeness (QED) is 0.852. The molecule has 2 atom stereocenters. The van der Waals surface area contributed by atoms with Gasteiger partial charge in [-0.05, 0) is 54.7 Å². The molecule has 5 heteroatoms. The highest BCUT2D eigenvalue weighted by Crippen LogP contribution is 2.62. The van der Waals surface area contributed by atoms with E-state index in [1.807, 2.05) is 6.07 Å². The normalized spacial score (nSPS) is 27.7. The molecule has 0 amide bonds. The number of phenols is 1. The molecule has 130 valence electrons. The minimum Gasteiger partial charge on any atom is -0.506 e. The Bertz CT molecular complexity index is 544. The summed E-state index contributed by atoms with van der Waals surface area (Å²) in [5.41, 5.74) is 2.85. The van der Waals surface area contributed by atoms with Crippen molar-refractivity contribution < 1.29 is 5.11 Å². The molecule has 0 spiro atoms. The van der Waals surface area contributed by atoms with Crippen molar-refractivity contribution in [1.82, 2.24) is 0 Å². The molecule has 1 saturated carbocycles. The molecule has 23 heavy (non-hydrogen) atoms. The van der Waals surface area contributed by atoms with E-state index >= 15 is 0 Å². The molecule has 0 radical (unpaired) electrons. The van der Waals surface area contributed by atoms with E-state index in [-0.39, 0.29) is 24.8 Å². The number of anilines is 2. The Morgan fingerprint density at radius 1 is 0.957 bits per heavy atom. The molecule has 1 aromatic rings. The van der Waals surface area contributed by atoms with Gasteiger partial charge in [0, 0.05) is 31.9 Å². The molecular weight excluding hydrogens is 331 g/mol. The molecule has 2 saturated heterocycles. The monoisotopic (exact) mass is 358 g/mol. The number of rotatable bonds is 2. The fourth-order valence-electron chi connectivity index (χ4n) is 4.44. The van der Waals surface area contributed by atoms with Gasteiger partial charge >= 0.3 is 0 Å². The van der Waals surface area contributed by atoms with Crippen LogP contribution in [0.4, 0.5) is 11.4 Å². The van der Waals surface area contributed by atoms with Gasteiger partial charge in [0.05, 0.1) is 5.69 Å². The number of aromatic hydroxyl groups is 1. The van der Waals surface area contributed by atoms with Crippen LogP contribution in [0, 0.1) is 17.3 Å². The van der Waals surface area contributed by atoms with Crippen LogP contribution < -0.4 is 9.80 Å². The van der Waals surface area contributed by atoms with Crippen molar-refractivity contribution in [1.29, 1.82) is 0 Å². The van der Waals surface area contributed by atoms with Crippen LogP contribution in [-0.2, 0) is 0 Å². The number of fused-ring (bicyclic) bond motifs is 1. The Balaban J connectivity index is 0.000000960. The van der Waals surface area contributed by atoms with Gasteiger partial charge in [0.2, 0.25) is 0 Å². The van der Waals surface area contributed by atoms with Crippen molar-refractivity contribution in [2.75, 3.05) is 36.0 Å². The van der Waals surface area contributed by atoms with Crippen molar-refractivity contribution in [2.24, 2.45) is 17.3 Å². The van der Waals surface area contributed by atoms with Crippen LogP contribution in [0.1, 0.15) is 33.1 Å². The lowest BCUT2D eigenvalue weighted by molar-refractivity contribution is 0.465. The van der Waals surface area contributed by atoms with Gasteiger partial charge in [-0.3, -0.25) is 0 Å². The second-order valence-corrected chi connectivity index (χ2v) is 7.66. The zero-order valence-corrected chi connectivity index (χ0v) is 15.6. The topological polar surface area (TPSA) is 26.7 Å². The Kier molecular flexibility index (Phi) is 5.32. The molecule has 2 unspecified atom stereocenters. The van der Waals surface area contributed by atoms with Gasteiger partial charge in [0.1, 0.15) is 5.75 Å². The van der Waals surface area contributed by atoms with Crippen LogP contribution in [0.25, 0.3) is 0 Å². The summed E-state index contributed by atoms with van der Waals surface area (Å²) in [6.45, 7) is 9.28. The molecular formula is C18H28Cl2N2O. The summed E-state index contributed by atoms with van der Waals surface area (Å²) in [6.07, 6.45) is 3.93. The van der Waals surface area contributed by atoms with Crippen LogP contribution in [0.3, 0.4) is 0 Å². The Morgan fingerprint density at radius 2 is 1.57 bits per heavy atom. The average molecular weight is 359 g/mol. The fourth-order valence-corrected chi connectivity index (χ4v) is 4.44. The minimum atomic E-state index is 0. The van der Waals surface area contributed by atoms with E-state index in [4.69, 9.17) is 0 Å². The summed E-state index contributed by atoms with van der Waals surface area (Å²) in [7, 11) is 0. The Morgan fingerprint density at radius 3 is 2.17 bits per heavy atom. The van der Waals surface area contributed by atoms with Gasteiger partial charge in [-0.15, -0.1) is 24.8 Å². The second kappa shape index (κ2) is 6.60. The molecule has 2 aliphatic heterocycles. The first-order chi connectivity index (χ1) is 10.1. The van der Waals surface area contributed by atoms with E-state index in [1.54, 1.807) is 0 Å². The first kappa shape index (κ1) is 18.5.